The molecule has 6 nitrogen and oxygen atoms in total. The molecule has 1 N–H and O–H groups in total. The second-order valence-corrected chi connectivity index (χ2v) is 7.42. The van der Waals surface area contributed by atoms with E-state index in [1.807, 2.05) is 24.3 Å². The first-order valence-electron chi connectivity index (χ1n) is 9.38. The van der Waals surface area contributed by atoms with Gasteiger partial charge in [0.1, 0.15) is 12.3 Å². The summed E-state index contributed by atoms with van der Waals surface area (Å²) in [6.07, 6.45) is 0.828. The van der Waals surface area contributed by atoms with Gasteiger partial charge in [0.2, 0.25) is 5.91 Å². The average molecular weight is 446 g/mol. The Bertz CT molecular complexity index is 829. The van der Waals surface area contributed by atoms with Crippen LogP contribution in [0.4, 0.5) is 11.4 Å². The van der Waals surface area contributed by atoms with Crippen LogP contribution in [0.2, 0.25) is 0 Å². The zero-order chi connectivity index (χ0) is 19.9. The maximum Gasteiger partial charge on any atom is 0.265 e. The number of rotatable bonds is 8. The predicted molar refractivity (Wildman–Crippen MR) is 114 cm³/mol. The number of carbonyl (C=O) groups excluding carboxylic acids is 2. The molecule has 0 spiro atoms. The summed E-state index contributed by atoms with van der Waals surface area (Å²) in [4.78, 5) is 28.3. The molecule has 148 valence electrons. The number of para-hydroxylation sites is 1. The molecular weight excluding hydrogens is 422 g/mol. The zero-order valence-electron chi connectivity index (χ0n) is 15.9. The van der Waals surface area contributed by atoms with Crippen molar-refractivity contribution < 1.29 is 14.3 Å². The highest BCUT2D eigenvalue weighted by Crippen LogP contribution is 2.34. The molecule has 0 saturated heterocycles. The van der Waals surface area contributed by atoms with Gasteiger partial charge in [0.25, 0.3) is 5.91 Å². The molecule has 0 aliphatic carbocycles. The lowest BCUT2D eigenvalue weighted by atomic mass is 10.2. The van der Waals surface area contributed by atoms with Gasteiger partial charge in [-0.05, 0) is 43.7 Å². The number of benzene rings is 2. The van der Waals surface area contributed by atoms with E-state index in [2.05, 4.69) is 45.2 Å². The van der Waals surface area contributed by atoms with E-state index in [1.165, 1.54) is 10.6 Å². The lowest BCUT2D eigenvalue weighted by molar-refractivity contribution is -0.125. The van der Waals surface area contributed by atoms with Crippen molar-refractivity contribution in [2.45, 2.75) is 13.3 Å². The molecule has 7 heteroatoms. The number of amides is 2. The first-order valence-corrected chi connectivity index (χ1v) is 10.2. The number of fused-ring (bicyclic) bond motifs is 1. The van der Waals surface area contributed by atoms with Crippen molar-refractivity contribution in [3.63, 3.8) is 0 Å². The number of nitrogens with zero attached hydrogens (tertiary/aromatic N) is 2. The maximum atomic E-state index is 12.3. The van der Waals surface area contributed by atoms with Crippen LogP contribution in [0, 0.1) is 0 Å². The minimum atomic E-state index is -0.216. The lowest BCUT2D eigenvalue weighted by Crippen LogP contribution is -2.45. The summed E-state index contributed by atoms with van der Waals surface area (Å²) in [5.74, 6) is 0.210. The van der Waals surface area contributed by atoms with Gasteiger partial charge in [-0.15, -0.1) is 0 Å². The molecule has 0 fully saturated rings. The quantitative estimate of drug-likeness (QED) is 0.633. The Labute approximate surface area is 173 Å². The predicted octanol–water partition coefficient (Wildman–Crippen LogP) is 3.21. The zero-order valence-corrected chi connectivity index (χ0v) is 17.4. The molecule has 1 aliphatic heterocycles. The summed E-state index contributed by atoms with van der Waals surface area (Å²) in [5.41, 5.74) is 1.80. The number of hydrogen-bond donors (Lipinski definition) is 1. The van der Waals surface area contributed by atoms with E-state index >= 15 is 0 Å². The third kappa shape index (κ3) is 5.04. The van der Waals surface area contributed by atoms with Gasteiger partial charge in [0.05, 0.1) is 5.69 Å². The van der Waals surface area contributed by atoms with E-state index in [1.54, 1.807) is 12.1 Å². The molecule has 1 heterocycles. The van der Waals surface area contributed by atoms with E-state index < -0.39 is 0 Å². The smallest absolute Gasteiger partial charge is 0.265 e. The standard InChI is InChI=1S/C21H24BrN3O3/c1-2-24(17-7-4-3-5-8-17)12-6-11-23-20(26)14-25-18-10-9-16(22)13-19(18)28-15-21(25)27/h3-5,7-10,13H,2,6,11-12,14-15H2,1H3,(H,23,26). The summed E-state index contributed by atoms with van der Waals surface area (Å²) in [7, 11) is 0. The molecule has 3 rings (SSSR count). The van der Waals surface area contributed by atoms with Gasteiger partial charge in [-0.1, -0.05) is 34.1 Å². The van der Waals surface area contributed by atoms with Gasteiger partial charge >= 0.3 is 0 Å². The molecule has 28 heavy (non-hydrogen) atoms. The Balaban J connectivity index is 1.49. The third-order valence-corrected chi connectivity index (χ3v) is 5.09. The molecule has 0 bridgehead atoms. The summed E-state index contributed by atoms with van der Waals surface area (Å²) in [6, 6.07) is 15.6. The minimum Gasteiger partial charge on any atom is -0.482 e. The summed E-state index contributed by atoms with van der Waals surface area (Å²) >= 11 is 3.39. The fraction of sp³-hybridized carbons (Fsp3) is 0.333. The van der Waals surface area contributed by atoms with Gasteiger partial charge in [0, 0.05) is 29.8 Å². The Kier molecular flexibility index (Phi) is 6.92. The fourth-order valence-electron chi connectivity index (χ4n) is 3.16. The monoisotopic (exact) mass is 445 g/mol. The largest absolute Gasteiger partial charge is 0.482 e. The van der Waals surface area contributed by atoms with Crippen molar-refractivity contribution >= 4 is 39.1 Å². The molecule has 2 aromatic carbocycles. The third-order valence-electron chi connectivity index (χ3n) is 4.60. The van der Waals surface area contributed by atoms with Crippen LogP contribution in [0.15, 0.2) is 53.0 Å². The number of halogens is 1. The van der Waals surface area contributed by atoms with Crippen LogP contribution in [0.1, 0.15) is 13.3 Å². The lowest BCUT2D eigenvalue weighted by Gasteiger charge is -2.29. The van der Waals surface area contributed by atoms with E-state index in [0.717, 1.165) is 24.0 Å². The topological polar surface area (TPSA) is 61.9 Å². The van der Waals surface area contributed by atoms with Crippen molar-refractivity contribution in [2.75, 3.05) is 42.6 Å². The minimum absolute atomic E-state index is 0.00694. The number of ether oxygens (including phenoxy) is 1. The molecule has 0 radical (unpaired) electrons. The highest BCUT2D eigenvalue weighted by molar-refractivity contribution is 9.10. The first-order chi connectivity index (χ1) is 13.6. The van der Waals surface area contributed by atoms with Crippen molar-refractivity contribution in [3.05, 3.63) is 53.0 Å². The van der Waals surface area contributed by atoms with Crippen molar-refractivity contribution in [1.29, 1.82) is 0 Å². The second kappa shape index (κ2) is 9.59. The van der Waals surface area contributed by atoms with Crippen LogP contribution in [-0.2, 0) is 9.59 Å². The van der Waals surface area contributed by atoms with Crippen LogP contribution >= 0.6 is 15.9 Å². The normalized spacial score (nSPS) is 12.9. The van der Waals surface area contributed by atoms with Gasteiger partial charge in [-0.2, -0.15) is 0 Å². The van der Waals surface area contributed by atoms with Crippen LogP contribution < -0.4 is 19.9 Å². The number of nitrogens with one attached hydrogen (secondary N) is 1. The van der Waals surface area contributed by atoms with E-state index in [9.17, 15) is 9.59 Å². The average Bonchev–Trinajstić information content (AvgIpc) is 2.71. The van der Waals surface area contributed by atoms with Crippen LogP contribution in [-0.4, -0.2) is 44.6 Å². The summed E-state index contributed by atoms with van der Waals surface area (Å²) in [6.45, 7) is 4.38. The SMILES string of the molecule is CCN(CCCNC(=O)CN1C(=O)COc2cc(Br)ccc21)c1ccccc1. The van der Waals surface area contributed by atoms with Crippen molar-refractivity contribution in [2.24, 2.45) is 0 Å². The maximum absolute atomic E-state index is 12.3. The van der Waals surface area contributed by atoms with Gasteiger partial charge < -0.3 is 15.0 Å². The molecule has 2 aromatic rings. The molecular formula is C21H24BrN3O3. The van der Waals surface area contributed by atoms with Gasteiger partial charge in [-0.3, -0.25) is 14.5 Å². The summed E-state index contributed by atoms with van der Waals surface area (Å²) in [5, 5.41) is 2.91. The first kappa shape index (κ1) is 20.2. The van der Waals surface area contributed by atoms with E-state index in [4.69, 9.17) is 4.74 Å². The molecule has 0 atom stereocenters. The van der Waals surface area contributed by atoms with E-state index in [-0.39, 0.29) is 25.0 Å². The highest BCUT2D eigenvalue weighted by Gasteiger charge is 2.27. The van der Waals surface area contributed by atoms with E-state index in [0.29, 0.717) is 18.0 Å². The van der Waals surface area contributed by atoms with Crippen LogP contribution in [0.25, 0.3) is 0 Å². The summed E-state index contributed by atoms with van der Waals surface area (Å²) < 4.78 is 6.31. The highest BCUT2D eigenvalue weighted by atomic mass is 79.9. The Morgan fingerprint density at radius 2 is 2.04 bits per heavy atom. The molecule has 0 saturated carbocycles. The van der Waals surface area contributed by atoms with Gasteiger partial charge in [-0.25, -0.2) is 0 Å². The van der Waals surface area contributed by atoms with Crippen LogP contribution in [0.5, 0.6) is 5.75 Å². The Hall–Kier alpha value is -2.54. The van der Waals surface area contributed by atoms with Crippen molar-refractivity contribution in [1.82, 2.24) is 5.32 Å². The van der Waals surface area contributed by atoms with Crippen LogP contribution in [0.3, 0.4) is 0 Å². The number of anilines is 2. The Morgan fingerprint density at radius 1 is 1.25 bits per heavy atom. The molecule has 0 aromatic heterocycles. The Morgan fingerprint density at radius 3 is 2.79 bits per heavy atom. The van der Waals surface area contributed by atoms with Crippen molar-refractivity contribution in [3.8, 4) is 5.75 Å². The molecule has 1 aliphatic rings. The number of hydrogen-bond acceptors (Lipinski definition) is 4. The second-order valence-electron chi connectivity index (χ2n) is 6.50. The fourth-order valence-corrected chi connectivity index (χ4v) is 3.50. The number of carbonyl (C=O) groups is 2. The molecule has 2 amide bonds. The molecule has 0 unspecified atom stereocenters. The van der Waals surface area contributed by atoms with Gasteiger partial charge in [0.15, 0.2) is 6.61 Å².